The number of anilines is 1. The maximum Gasteiger partial charge on any atom is 0.195 e. The van der Waals surface area contributed by atoms with Crippen LogP contribution in [0.2, 0.25) is 0 Å². The number of hydrogen-bond acceptors (Lipinski definition) is 3. The van der Waals surface area contributed by atoms with Crippen LogP contribution in [0.25, 0.3) is 11.1 Å². The predicted octanol–water partition coefficient (Wildman–Crippen LogP) is 3.92. The first kappa shape index (κ1) is 11.6. The van der Waals surface area contributed by atoms with Crippen LogP contribution in [-0.4, -0.2) is 4.98 Å². The molecule has 0 aliphatic heterocycles. The van der Waals surface area contributed by atoms with Crippen LogP contribution in [0.4, 0.5) is 5.69 Å². The second-order valence-corrected chi connectivity index (χ2v) is 5.40. The summed E-state index contributed by atoms with van der Waals surface area (Å²) in [4.78, 5) is 4.55. The molecule has 0 bridgehead atoms. The van der Waals surface area contributed by atoms with Crippen molar-refractivity contribution in [1.29, 1.82) is 0 Å². The number of rotatable bonds is 2. The molecule has 0 atom stereocenters. The topological polar surface area (TPSA) is 52.0 Å². The third-order valence-electron chi connectivity index (χ3n) is 3.89. The SMILES string of the molecule is Nc1ccc2oc(CC3CCCCCC3)nc2c1. The molecule has 2 aromatic rings. The van der Waals surface area contributed by atoms with Gasteiger partial charge in [-0.05, 0) is 37.0 Å². The molecular weight excluding hydrogens is 224 g/mol. The Balaban J connectivity index is 1.77. The quantitative estimate of drug-likeness (QED) is 0.643. The van der Waals surface area contributed by atoms with E-state index in [1.807, 2.05) is 18.2 Å². The first-order valence-electron chi connectivity index (χ1n) is 6.96. The van der Waals surface area contributed by atoms with Crippen LogP contribution in [0.3, 0.4) is 0 Å². The number of nitrogens with two attached hydrogens (primary N) is 1. The van der Waals surface area contributed by atoms with Crippen LogP contribution in [0.15, 0.2) is 22.6 Å². The fourth-order valence-corrected chi connectivity index (χ4v) is 2.89. The molecule has 3 nitrogen and oxygen atoms in total. The van der Waals surface area contributed by atoms with Gasteiger partial charge in [-0.1, -0.05) is 25.7 Å². The number of fused-ring (bicyclic) bond motifs is 1. The maximum atomic E-state index is 5.80. The van der Waals surface area contributed by atoms with E-state index in [4.69, 9.17) is 10.2 Å². The van der Waals surface area contributed by atoms with Gasteiger partial charge in [0.25, 0.3) is 0 Å². The lowest BCUT2D eigenvalue weighted by molar-refractivity contribution is 0.403. The minimum atomic E-state index is 0.747. The molecule has 3 heteroatoms. The Bertz CT molecular complexity index is 524. The fraction of sp³-hybridized carbons (Fsp3) is 0.533. The molecule has 18 heavy (non-hydrogen) atoms. The highest BCUT2D eigenvalue weighted by molar-refractivity contribution is 5.76. The second-order valence-electron chi connectivity index (χ2n) is 5.40. The number of hydrogen-bond donors (Lipinski definition) is 1. The first-order chi connectivity index (χ1) is 8.81. The summed E-state index contributed by atoms with van der Waals surface area (Å²) in [5, 5.41) is 0. The van der Waals surface area contributed by atoms with Crippen molar-refractivity contribution in [2.75, 3.05) is 5.73 Å². The average Bonchev–Trinajstić information content (AvgIpc) is 2.57. The van der Waals surface area contributed by atoms with Crippen LogP contribution in [-0.2, 0) is 6.42 Å². The third-order valence-corrected chi connectivity index (χ3v) is 3.89. The van der Waals surface area contributed by atoms with Gasteiger partial charge >= 0.3 is 0 Å². The first-order valence-corrected chi connectivity index (χ1v) is 6.96. The van der Waals surface area contributed by atoms with Crippen LogP contribution in [0, 0.1) is 5.92 Å². The molecule has 1 fully saturated rings. The number of oxazole rings is 1. The standard InChI is InChI=1S/C15H20N2O/c16-12-7-8-14-13(10-12)17-15(18-14)9-11-5-3-1-2-4-6-11/h7-8,10-11H,1-6,9,16H2. The smallest absolute Gasteiger partial charge is 0.195 e. The molecule has 96 valence electrons. The molecule has 0 amide bonds. The van der Waals surface area contributed by atoms with Gasteiger partial charge in [0.15, 0.2) is 11.5 Å². The van der Waals surface area contributed by atoms with Crippen molar-refractivity contribution in [3.63, 3.8) is 0 Å². The normalized spacial score (nSPS) is 18.0. The molecule has 0 unspecified atom stereocenters. The van der Waals surface area contributed by atoms with E-state index >= 15 is 0 Å². The van der Waals surface area contributed by atoms with Crippen molar-refractivity contribution < 1.29 is 4.42 Å². The Kier molecular flexibility index (Phi) is 3.22. The minimum absolute atomic E-state index is 0.747. The van der Waals surface area contributed by atoms with Crippen molar-refractivity contribution in [3.05, 3.63) is 24.1 Å². The highest BCUT2D eigenvalue weighted by Crippen LogP contribution is 2.27. The zero-order valence-corrected chi connectivity index (χ0v) is 10.7. The molecule has 1 heterocycles. The molecule has 0 spiro atoms. The van der Waals surface area contributed by atoms with E-state index in [2.05, 4.69) is 4.98 Å². The number of aromatic nitrogens is 1. The van der Waals surface area contributed by atoms with Gasteiger partial charge in [-0.15, -0.1) is 0 Å². The summed E-state index contributed by atoms with van der Waals surface area (Å²) >= 11 is 0. The Morgan fingerprint density at radius 3 is 2.72 bits per heavy atom. The third kappa shape index (κ3) is 2.50. The highest BCUT2D eigenvalue weighted by atomic mass is 16.3. The molecule has 1 aliphatic rings. The zero-order valence-electron chi connectivity index (χ0n) is 10.7. The van der Waals surface area contributed by atoms with Gasteiger partial charge in [0.1, 0.15) is 5.52 Å². The molecule has 0 saturated heterocycles. The van der Waals surface area contributed by atoms with E-state index in [9.17, 15) is 0 Å². The lowest BCUT2D eigenvalue weighted by Crippen LogP contribution is -2.03. The van der Waals surface area contributed by atoms with Crippen molar-refractivity contribution >= 4 is 16.8 Å². The van der Waals surface area contributed by atoms with Crippen molar-refractivity contribution in [2.24, 2.45) is 5.92 Å². The van der Waals surface area contributed by atoms with Gasteiger partial charge in [0, 0.05) is 12.1 Å². The van der Waals surface area contributed by atoms with E-state index in [-0.39, 0.29) is 0 Å². The van der Waals surface area contributed by atoms with Crippen LogP contribution in [0.5, 0.6) is 0 Å². The Hall–Kier alpha value is -1.51. The van der Waals surface area contributed by atoms with E-state index in [1.165, 1.54) is 38.5 Å². The summed E-state index contributed by atoms with van der Waals surface area (Å²) in [7, 11) is 0. The monoisotopic (exact) mass is 244 g/mol. The zero-order chi connectivity index (χ0) is 12.4. The molecule has 1 aliphatic carbocycles. The van der Waals surface area contributed by atoms with Crippen LogP contribution < -0.4 is 5.73 Å². The average molecular weight is 244 g/mol. The van der Waals surface area contributed by atoms with Crippen molar-refractivity contribution in [2.45, 2.75) is 44.9 Å². The maximum absolute atomic E-state index is 5.80. The largest absolute Gasteiger partial charge is 0.441 e. The minimum Gasteiger partial charge on any atom is -0.441 e. The summed E-state index contributed by atoms with van der Waals surface area (Å²) in [5.41, 5.74) is 8.25. The summed E-state index contributed by atoms with van der Waals surface area (Å²) in [5.74, 6) is 1.63. The Morgan fingerprint density at radius 1 is 1.17 bits per heavy atom. The van der Waals surface area contributed by atoms with E-state index in [0.717, 1.165) is 35.0 Å². The van der Waals surface area contributed by atoms with Crippen molar-refractivity contribution in [1.82, 2.24) is 4.98 Å². The van der Waals surface area contributed by atoms with Crippen LogP contribution >= 0.6 is 0 Å². The molecule has 1 saturated carbocycles. The lowest BCUT2D eigenvalue weighted by atomic mass is 9.97. The lowest BCUT2D eigenvalue weighted by Gasteiger charge is -2.10. The molecule has 0 radical (unpaired) electrons. The predicted molar refractivity (Wildman–Crippen MR) is 73.3 cm³/mol. The number of nitrogens with zero attached hydrogens (tertiary/aromatic N) is 1. The molecule has 1 aromatic heterocycles. The van der Waals surface area contributed by atoms with Gasteiger partial charge in [0.2, 0.25) is 0 Å². The molecule has 1 aromatic carbocycles. The van der Waals surface area contributed by atoms with E-state index < -0.39 is 0 Å². The van der Waals surface area contributed by atoms with Gasteiger partial charge in [-0.2, -0.15) is 0 Å². The Labute approximate surface area is 107 Å². The van der Waals surface area contributed by atoms with E-state index in [1.54, 1.807) is 0 Å². The van der Waals surface area contributed by atoms with Gasteiger partial charge in [-0.25, -0.2) is 4.98 Å². The summed E-state index contributed by atoms with van der Waals surface area (Å²) < 4.78 is 5.80. The highest BCUT2D eigenvalue weighted by Gasteiger charge is 2.16. The summed E-state index contributed by atoms with van der Waals surface area (Å²) in [6.07, 6.45) is 9.12. The van der Waals surface area contributed by atoms with Crippen LogP contribution in [0.1, 0.15) is 44.4 Å². The summed E-state index contributed by atoms with van der Waals surface area (Å²) in [6.45, 7) is 0. The molecule has 2 N–H and O–H groups in total. The number of benzene rings is 1. The van der Waals surface area contributed by atoms with Crippen molar-refractivity contribution in [3.8, 4) is 0 Å². The van der Waals surface area contributed by atoms with Gasteiger partial charge in [-0.3, -0.25) is 0 Å². The Morgan fingerprint density at radius 2 is 1.94 bits per heavy atom. The second kappa shape index (κ2) is 5.01. The fourth-order valence-electron chi connectivity index (χ4n) is 2.89. The van der Waals surface area contributed by atoms with Gasteiger partial charge < -0.3 is 10.2 Å². The number of nitrogen functional groups attached to an aromatic ring is 1. The molecular formula is C15H20N2O. The molecule has 3 rings (SSSR count). The van der Waals surface area contributed by atoms with Gasteiger partial charge in [0.05, 0.1) is 0 Å². The van der Waals surface area contributed by atoms with E-state index in [0.29, 0.717) is 0 Å². The summed E-state index contributed by atoms with van der Waals surface area (Å²) in [6, 6.07) is 5.66.